The number of fused-ring (bicyclic) bond motifs is 1. The van der Waals surface area contributed by atoms with E-state index in [1.807, 2.05) is 0 Å². The van der Waals surface area contributed by atoms with Crippen LogP contribution in [0.4, 0.5) is 0 Å². The van der Waals surface area contributed by atoms with Gasteiger partial charge in [0, 0.05) is 23.1 Å². The average Bonchev–Trinajstić information content (AvgIpc) is 3.04. The highest BCUT2D eigenvalue weighted by Gasteiger charge is 2.18. The zero-order valence-corrected chi connectivity index (χ0v) is 12.7. The van der Waals surface area contributed by atoms with E-state index in [1.165, 1.54) is 17.5 Å². The van der Waals surface area contributed by atoms with E-state index in [0.717, 1.165) is 55.3 Å². The van der Waals surface area contributed by atoms with Gasteiger partial charge in [-0.15, -0.1) is 0 Å². The zero-order chi connectivity index (χ0) is 13.1. The first-order valence-corrected chi connectivity index (χ1v) is 7.85. The summed E-state index contributed by atoms with van der Waals surface area (Å²) in [6, 6.07) is 4.26. The first-order chi connectivity index (χ1) is 9.33. The van der Waals surface area contributed by atoms with Crippen molar-refractivity contribution in [3.63, 3.8) is 0 Å². The van der Waals surface area contributed by atoms with Gasteiger partial charge in [-0.25, -0.2) is 0 Å². The van der Waals surface area contributed by atoms with Crippen LogP contribution in [-0.2, 0) is 17.8 Å². The Morgan fingerprint density at radius 3 is 3.21 bits per heavy atom. The molecule has 1 saturated heterocycles. The van der Waals surface area contributed by atoms with Crippen molar-refractivity contribution in [2.75, 3.05) is 26.3 Å². The lowest BCUT2D eigenvalue weighted by atomic mass is 10.1. The molecule has 3 nitrogen and oxygen atoms in total. The third-order valence-electron chi connectivity index (χ3n) is 3.92. The summed E-state index contributed by atoms with van der Waals surface area (Å²) in [5.41, 5.74) is 2.47. The topological polar surface area (TPSA) is 30.5 Å². The van der Waals surface area contributed by atoms with Gasteiger partial charge in [-0.3, -0.25) is 0 Å². The first-order valence-electron chi connectivity index (χ1n) is 7.05. The molecule has 104 valence electrons. The molecule has 2 aliphatic heterocycles. The average molecular weight is 326 g/mol. The van der Waals surface area contributed by atoms with Crippen molar-refractivity contribution in [3.05, 3.63) is 27.7 Å². The van der Waals surface area contributed by atoms with E-state index in [1.54, 1.807) is 0 Å². The van der Waals surface area contributed by atoms with Crippen LogP contribution < -0.4 is 10.1 Å². The number of benzene rings is 1. The molecule has 0 bridgehead atoms. The van der Waals surface area contributed by atoms with Crippen LogP contribution in [0.5, 0.6) is 5.75 Å². The van der Waals surface area contributed by atoms with Crippen molar-refractivity contribution >= 4 is 15.9 Å². The number of hydrogen-bond donors (Lipinski definition) is 1. The monoisotopic (exact) mass is 325 g/mol. The van der Waals surface area contributed by atoms with Crippen molar-refractivity contribution in [3.8, 4) is 5.75 Å². The standard InChI is InChI=1S/C15H20BrNO2/c16-14-7-12-3-6-19-15(12)13(8-14)10-18-5-2-11-1-4-17-9-11/h7-8,11,17H,1-6,9-10H2. The fourth-order valence-electron chi connectivity index (χ4n) is 2.85. The smallest absolute Gasteiger partial charge is 0.128 e. The van der Waals surface area contributed by atoms with Gasteiger partial charge in [-0.2, -0.15) is 0 Å². The predicted molar refractivity (Wildman–Crippen MR) is 78.6 cm³/mol. The first kappa shape index (κ1) is 13.4. The Bertz CT molecular complexity index is 444. The van der Waals surface area contributed by atoms with E-state index in [4.69, 9.17) is 9.47 Å². The van der Waals surface area contributed by atoms with Crippen LogP contribution in [-0.4, -0.2) is 26.3 Å². The minimum atomic E-state index is 0.655. The highest BCUT2D eigenvalue weighted by Crippen LogP contribution is 2.33. The fraction of sp³-hybridized carbons (Fsp3) is 0.600. The molecule has 1 aromatic rings. The van der Waals surface area contributed by atoms with Crippen LogP contribution in [0.3, 0.4) is 0 Å². The number of nitrogens with one attached hydrogen (secondary N) is 1. The van der Waals surface area contributed by atoms with Crippen molar-refractivity contribution in [1.29, 1.82) is 0 Å². The molecule has 1 fully saturated rings. The van der Waals surface area contributed by atoms with E-state index in [9.17, 15) is 0 Å². The number of halogens is 1. The molecule has 19 heavy (non-hydrogen) atoms. The molecular formula is C15H20BrNO2. The van der Waals surface area contributed by atoms with E-state index in [2.05, 4.69) is 33.4 Å². The lowest BCUT2D eigenvalue weighted by Gasteiger charge is -2.11. The molecule has 1 unspecified atom stereocenters. The Hall–Kier alpha value is -0.580. The third-order valence-corrected chi connectivity index (χ3v) is 4.37. The number of rotatable bonds is 5. The van der Waals surface area contributed by atoms with Crippen LogP contribution in [0.2, 0.25) is 0 Å². The Kier molecular flexibility index (Phi) is 4.41. The summed E-state index contributed by atoms with van der Waals surface area (Å²) >= 11 is 3.56. The van der Waals surface area contributed by atoms with Gasteiger partial charge < -0.3 is 14.8 Å². The third kappa shape index (κ3) is 3.30. The van der Waals surface area contributed by atoms with Crippen molar-refractivity contribution in [2.45, 2.75) is 25.9 Å². The maximum Gasteiger partial charge on any atom is 0.128 e. The second-order valence-electron chi connectivity index (χ2n) is 5.35. The zero-order valence-electron chi connectivity index (χ0n) is 11.1. The Balaban J connectivity index is 1.52. The summed E-state index contributed by atoms with van der Waals surface area (Å²) in [5.74, 6) is 1.84. The quantitative estimate of drug-likeness (QED) is 0.844. The van der Waals surface area contributed by atoms with E-state index >= 15 is 0 Å². The molecule has 3 rings (SSSR count). The maximum atomic E-state index is 5.83. The molecule has 0 spiro atoms. The highest BCUT2D eigenvalue weighted by molar-refractivity contribution is 9.10. The van der Waals surface area contributed by atoms with Gasteiger partial charge in [0.25, 0.3) is 0 Å². The van der Waals surface area contributed by atoms with Crippen LogP contribution >= 0.6 is 15.9 Å². The number of hydrogen-bond acceptors (Lipinski definition) is 3. The summed E-state index contributed by atoms with van der Waals surface area (Å²) in [4.78, 5) is 0. The van der Waals surface area contributed by atoms with Gasteiger partial charge in [0.15, 0.2) is 0 Å². The molecule has 0 aliphatic carbocycles. The normalized spacial score (nSPS) is 21.4. The highest BCUT2D eigenvalue weighted by atomic mass is 79.9. The van der Waals surface area contributed by atoms with E-state index in [-0.39, 0.29) is 0 Å². The Morgan fingerprint density at radius 1 is 1.42 bits per heavy atom. The SMILES string of the molecule is Brc1cc2c(c(COCCC3CCNC3)c1)OCC2. The molecule has 1 atom stereocenters. The van der Waals surface area contributed by atoms with Crippen molar-refractivity contribution in [2.24, 2.45) is 5.92 Å². The lowest BCUT2D eigenvalue weighted by Crippen LogP contribution is -2.10. The van der Waals surface area contributed by atoms with Crippen LogP contribution in [0.1, 0.15) is 24.0 Å². The second-order valence-corrected chi connectivity index (χ2v) is 6.27. The molecule has 1 aromatic carbocycles. The van der Waals surface area contributed by atoms with E-state index < -0.39 is 0 Å². The Morgan fingerprint density at radius 2 is 2.37 bits per heavy atom. The summed E-state index contributed by atoms with van der Waals surface area (Å²) in [6.45, 7) is 4.61. The van der Waals surface area contributed by atoms with Gasteiger partial charge in [-0.05, 0) is 49.5 Å². The van der Waals surface area contributed by atoms with Crippen LogP contribution in [0.25, 0.3) is 0 Å². The molecule has 2 heterocycles. The number of ether oxygens (including phenoxy) is 2. The summed E-state index contributed by atoms with van der Waals surface area (Å²) in [5, 5.41) is 3.39. The molecule has 0 amide bonds. The fourth-order valence-corrected chi connectivity index (χ4v) is 3.40. The molecule has 0 aromatic heterocycles. The van der Waals surface area contributed by atoms with Gasteiger partial charge >= 0.3 is 0 Å². The van der Waals surface area contributed by atoms with Crippen LogP contribution in [0, 0.1) is 5.92 Å². The summed E-state index contributed by atoms with van der Waals surface area (Å²) in [6.07, 6.45) is 3.46. The van der Waals surface area contributed by atoms with Gasteiger partial charge in [0.05, 0.1) is 13.2 Å². The minimum absolute atomic E-state index is 0.655. The molecular weight excluding hydrogens is 306 g/mol. The maximum absolute atomic E-state index is 5.83. The van der Waals surface area contributed by atoms with Crippen molar-refractivity contribution in [1.82, 2.24) is 5.32 Å². The molecule has 2 aliphatic rings. The van der Waals surface area contributed by atoms with Gasteiger partial charge in [0.1, 0.15) is 5.75 Å². The minimum Gasteiger partial charge on any atom is -0.493 e. The van der Waals surface area contributed by atoms with Gasteiger partial charge in [0.2, 0.25) is 0 Å². The predicted octanol–water partition coefficient (Wildman–Crippen LogP) is 2.90. The molecule has 0 radical (unpaired) electrons. The van der Waals surface area contributed by atoms with Crippen LogP contribution in [0.15, 0.2) is 16.6 Å². The second kappa shape index (κ2) is 6.25. The van der Waals surface area contributed by atoms with Gasteiger partial charge in [-0.1, -0.05) is 15.9 Å². The lowest BCUT2D eigenvalue weighted by molar-refractivity contribution is 0.107. The van der Waals surface area contributed by atoms with Crippen molar-refractivity contribution < 1.29 is 9.47 Å². The molecule has 4 heteroatoms. The molecule has 1 N–H and O–H groups in total. The summed E-state index contributed by atoms with van der Waals surface area (Å²) < 4.78 is 12.7. The summed E-state index contributed by atoms with van der Waals surface area (Å²) in [7, 11) is 0. The van der Waals surface area contributed by atoms with E-state index in [0.29, 0.717) is 6.61 Å². The molecule has 0 saturated carbocycles. The largest absolute Gasteiger partial charge is 0.493 e. The Labute approximate surface area is 122 Å².